The Morgan fingerprint density at radius 1 is 1.31 bits per heavy atom. The fraction of sp³-hybridized carbons (Fsp3) is 0.143. The minimum Gasteiger partial charge on any atom is -0.423 e. The number of nitrogens with zero attached hydrogens (tertiary/aromatic N) is 1. The van der Waals surface area contributed by atoms with E-state index in [0.29, 0.717) is 0 Å². The average molecular weight is 229 g/mol. The molecule has 0 aliphatic rings. The van der Waals surface area contributed by atoms with Crippen LogP contribution in [-0.4, -0.2) is 27.5 Å². The largest absolute Gasteiger partial charge is 0.423 e. The molecule has 86 valence electrons. The summed E-state index contributed by atoms with van der Waals surface area (Å²) in [5.41, 5.74) is -3.12. The maximum Gasteiger partial charge on any atom is 0.367 e. The van der Waals surface area contributed by atoms with E-state index in [4.69, 9.17) is 0 Å². The summed E-state index contributed by atoms with van der Waals surface area (Å²) in [6.45, 7) is 2.45. The average Bonchev–Trinajstić information content (AvgIpc) is 2.21. The third-order valence-corrected chi connectivity index (χ3v) is 1.36. The molecule has 0 saturated heterocycles. The second kappa shape index (κ2) is 4.77. The van der Waals surface area contributed by atoms with Crippen LogP contribution in [0.5, 0.6) is 0 Å². The van der Waals surface area contributed by atoms with Crippen molar-refractivity contribution < 1.29 is 14.4 Å². The Hall–Kier alpha value is -2.58. The van der Waals surface area contributed by atoms with Crippen molar-refractivity contribution >= 4 is 5.97 Å². The first-order valence-electron chi connectivity index (χ1n) is 3.92. The SMILES string of the molecule is C=CC(=O)OCOn1c(=O)[nH]c(=O)[nH]c1=O. The summed E-state index contributed by atoms with van der Waals surface area (Å²) in [5.74, 6) is -0.783. The van der Waals surface area contributed by atoms with Crippen LogP contribution in [0.3, 0.4) is 0 Å². The lowest BCUT2D eigenvalue weighted by Gasteiger charge is -2.04. The quantitative estimate of drug-likeness (QED) is 0.330. The summed E-state index contributed by atoms with van der Waals surface area (Å²) in [5, 5.41) is 0. The molecular formula is C7H7N3O6. The third kappa shape index (κ3) is 2.70. The van der Waals surface area contributed by atoms with E-state index in [2.05, 4.69) is 16.2 Å². The number of hydrogen-bond acceptors (Lipinski definition) is 6. The first-order valence-corrected chi connectivity index (χ1v) is 3.92. The molecule has 0 bridgehead atoms. The number of H-pyrrole nitrogens is 2. The number of aromatic amines is 2. The van der Waals surface area contributed by atoms with Crippen LogP contribution in [0.1, 0.15) is 0 Å². The highest BCUT2D eigenvalue weighted by atomic mass is 16.8. The van der Waals surface area contributed by atoms with Gasteiger partial charge in [-0.15, -0.1) is 0 Å². The van der Waals surface area contributed by atoms with Gasteiger partial charge in [-0.2, -0.15) is 0 Å². The summed E-state index contributed by atoms with van der Waals surface area (Å²) < 4.78 is 4.56. The summed E-state index contributed by atoms with van der Waals surface area (Å²) in [4.78, 5) is 51.2. The third-order valence-electron chi connectivity index (χ3n) is 1.36. The Morgan fingerprint density at radius 2 is 1.88 bits per heavy atom. The molecule has 0 atom stereocenters. The molecule has 0 saturated carbocycles. The Labute approximate surface area is 86.9 Å². The van der Waals surface area contributed by atoms with Crippen LogP contribution in [0.15, 0.2) is 27.0 Å². The van der Waals surface area contributed by atoms with Crippen molar-refractivity contribution in [2.45, 2.75) is 0 Å². The van der Waals surface area contributed by atoms with Gasteiger partial charge >= 0.3 is 23.0 Å². The van der Waals surface area contributed by atoms with E-state index < -0.39 is 29.8 Å². The summed E-state index contributed by atoms with van der Waals surface area (Å²) in [6.07, 6.45) is 0.878. The lowest BCUT2D eigenvalue weighted by atomic mass is 10.7. The van der Waals surface area contributed by atoms with E-state index in [-0.39, 0.29) is 4.73 Å². The van der Waals surface area contributed by atoms with Crippen molar-refractivity contribution in [1.82, 2.24) is 14.7 Å². The Kier molecular flexibility index (Phi) is 3.43. The van der Waals surface area contributed by atoms with Crippen molar-refractivity contribution in [3.05, 3.63) is 44.1 Å². The molecule has 2 N–H and O–H groups in total. The maximum atomic E-state index is 11.0. The molecule has 1 aromatic heterocycles. The van der Waals surface area contributed by atoms with Crippen molar-refractivity contribution in [3.8, 4) is 0 Å². The van der Waals surface area contributed by atoms with Crippen LogP contribution >= 0.6 is 0 Å². The number of carbonyl (C=O) groups is 1. The van der Waals surface area contributed by atoms with Gasteiger partial charge in [0.05, 0.1) is 0 Å². The highest BCUT2D eigenvalue weighted by molar-refractivity contribution is 5.81. The van der Waals surface area contributed by atoms with Gasteiger partial charge in [-0.25, -0.2) is 19.2 Å². The van der Waals surface area contributed by atoms with E-state index in [1.165, 1.54) is 0 Å². The van der Waals surface area contributed by atoms with Crippen LogP contribution in [-0.2, 0) is 9.53 Å². The van der Waals surface area contributed by atoms with Crippen LogP contribution in [0.25, 0.3) is 0 Å². The fourth-order valence-corrected chi connectivity index (χ4v) is 0.733. The number of nitrogens with one attached hydrogen (secondary N) is 2. The van der Waals surface area contributed by atoms with Gasteiger partial charge in [-0.1, -0.05) is 11.3 Å². The molecule has 1 rings (SSSR count). The van der Waals surface area contributed by atoms with E-state index >= 15 is 0 Å². The monoisotopic (exact) mass is 229 g/mol. The zero-order valence-electron chi connectivity index (χ0n) is 7.89. The molecule has 1 heterocycles. The van der Waals surface area contributed by atoms with Gasteiger partial charge in [-0.3, -0.25) is 9.97 Å². The Morgan fingerprint density at radius 3 is 2.38 bits per heavy atom. The van der Waals surface area contributed by atoms with Gasteiger partial charge in [0.15, 0.2) is 0 Å². The molecule has 1 aromatic rings. The molecule has 9 heteroatoms. The van der Waals surface area contributed by atoms with E-state index in [9.17, 15) is 19.2 Å². The smallest absolute Gasteiger partial charge is 0.367 e. The molecule has 16 heavy (non-hydrogen) atoms. The van der Waals surface area contributed by atoms with Gasteiger partial charge in [0.1, 0.15) is 0 Å². The molecule has 0 fully saturated rings. The minimum atomic E-state index is -1.08. The molecule has 0 aliphatic heterocycles. The summed E-state index contributed by atoms with van der Waals surface area (Å²) in [7, 11) is 0. The predicted octanol–water partition coefficient (Wildman–Crippen LogP) is -2.66. The lowest BCUT2D eigenvalue weighted by Crippen LogP contribution is -2.46. The number of esters is 1. The molecule has 0 spiro atoms. The number of carbonyl (C=O) groups excluding carboxylic acids is 1. The van der Waals surface area contributed by atoms with Crippen molar-refractivity contribution in [2.24, 2.45) is 0 Å². The van der Waals surface area contributed by atoms with E-state index in [1.807, 2.05) is 0 Å². The normalized spacial score (nSPS) is 9.50. The highest BCUT2D eigenvalue weighted by Crippen LogP contribution is 1.76. The Balaban J connectivity index is 2.79. The van der Waals surface area contributed by atoms with Crippen LogP contribution < -0.4 is 21.9 Å². The number of ether oxygens (including phenoxy) is 1. The first kappa shape index (κ1) is 11.5. The standard InChI is InChI=1S/C7H7N3O6/c1-2-4(11)15-3-16-10-6(13)8-5(12)9-7(10)14/h2H,1,3H2,(H2,8,9,12,13,14). The highest BCUT2D eigenvalue weighted by Gasteiger charge is 2.04. The van der Waals surface area contributed by atoms with Crippen molar-refractivity contribution in [3.63, 3.8) is 0 Å². The summed E-state index contributed by atoms with van der Waals surface area (Å²) >= 11 is 0. The molecule has 0 unspecified atom stereocenters. The van der Waals surface area contributed by atoms with Crippen molar-refractivity contribution in [1.29, 1.82) is 0 Å². The van der Waals surface area contributed by atoms with Crippen LogP contribution in [0, 0.1) is 0 Å². The maximum absolute atomic E-state index is 11.0. The van der Waals surface area contributed by atoms with Gasteiger partial charge < -0.3 is 9.57 Å². The van der Waals surface area contributed by atoms with Gasteiger partial charge in [0.2, 0.25) is 0 Å². The zero-order chi connectivity index (χ0) is 12.1. The predicted molar refractivity (Wildman–Crippen MR) is 49.7 cm³/mol. The topological polar surface area (TPSA) is 123 Å². The van der Waals surface area contributed by atoms with E-state index in [0.717, 1.165) is 6.08 Å². The molecule has 0 aromatic carbocycles. The van der Waals surface area contributed by atoms with Gasteiger partial charge in [0, 0.05) is 6.08 Å². The molecule has 0 amide bonds. The molecular weight excluding hydrogens is 222 g/mol. The second-order valence-electron chi connectivity index (χ2n) is 2.40. The summed E-state index contributed by atoms with van der Waals surface area (Å²) in [6, 6.07) is 0. The van der Waals surface area contributed by atoms with Gasteiger partial charge in [0.25, 0.3) is 6.79 Å². The minimum absolute atomic E-state index is 0.206. The number of hydrogen-bond donors (Lipinski definition) is 2. The fourth-order valence-electron chi connectivity index (χ4n) is 0.733. The number of rotatable bonds is 4. The van der Waals surface area contributed by atoms with Gasteiger partial charge in [-0.05, 0) is 0 Å². The lowest BCUT2D eigenvalue weighted by molar-refractivity contribution is -0.151. The second-order valence-corrected chi connectivity index (χ2v) is 2.40. The number of aromatic nitrogens is 3. The molecule has 0 aliphatic carbocycles. The van der Waals surface area contributed by atoms with Crippen LogP contribution in [0.2, 0.25) is 0 Å². The van der Waals surface area contributed by atoms with Crippen molar-refractivity contribution in [2.75, 3.05) is 6.79 Å². The Bertz CT molecular complexity index is 530. The zero-order valence-corrected chi connectivity index (χ0v) is 7.89. The molecule has 0 radical (unpaired) electrons. The van der Waals surface area contributed by atoms with E-state index in [1.54, 1.807) is 9.97 Å². The molecule has 9 nitrogen and oxygen atoms in total. The first-order chi connectivity index (χ1) is 7.54. The van der Waals surface area contributed by atoms with Crippen LogP contribution in [0.4, 0.5) is 0 Å².